The molecule has 0 spiro atoms. The van der Waals surface area contributed by atoms with Crippen LogP contribution in [0.3, 0.4) is 0 Å². The first kappa shape index (κ1) is 18.9. The van der Waals surface area contributed by atoms with Gasteiger partial charge in [0.25, 0.3) is 0 Å². The van der Waals surface area contributed by atoms with Crippen molar-refractivity contribution >= 4 is 28.6 Å². The summed E-state index contributed by atoms with van der Waals surface area (Å²) in [4.78, 5) is 23.3. The second-order valence-corrected chi connectivity index (χ2v) is 8.59. The number of nitrogens with zero attached hydrogens (tertiary/aromatic N) is 8. The number of aromatic nitrogens is 6. The van der Waals surface area contributed by atoms with Crippen molar-refractivity contribution in [2.45, 2.75) is 20.0 Å². The normalized spacial score (nSPS) is 15.7. The van der Waals surface area contributed by atoms with Gasteiger partial charge in [0.1, 0.15) is 11.8 Å². The molecule has 154 valence electrons. The third-order valence-electron chi connectivity index (χ3n) is 5.29. The standard InChI is InChI=1S/C20H22N8OS/c1-13(29)16-8-22-20(23-9-16)27-5-3-26(4-6-27)19-17-7-15(11-28(17)25-12-24-19)18-10-21-14(2)30-18/h7-13,29H,3-6H2,1-2H3. The Morgan fingerprint density at radius 3 is 2.40 bits per heavy atom. The summed E-state index contributed by atoms with van der Waals surface area (Å²) in [6, 6.07) is 2.13. The molecule has 1 unspecified atom stereocenters. The van der Waals surface area contributed by atoms with Crippen LogP contribution in [0.1, 0.15) is 23.6 Å². The number of hydrogen-bond acceptors (Lipinski definition) is 9. The van der Waals surface area contributed by atoms with Crippen molar-refractivity contribution in [2.24, 2.45) is 0 Å². The van der Waals surface area contributed by atoms with Gasteiger partial charge in [0.15, 0.2) is 5.82 Å². The average Bonchev–Trinajstić information content (AvgIpc) is 3.40. The summed E-state index contributed by atoms with van der Waals surface area (Å²) in [6.07, 6.45) is 8.36. The van der Waals surface area contributed by atoms with Crippen molar-refractivity contribution < 1.29 is 5.11 Å². The van der Waals surface area contributed by atoms with Crippen molar-refractivity contribution in [2.75, 3.05) is 36.0 Å². The maximum atomic E-state index is 9.63. The molecule has 4 aromatic rings. The molecule has 0 aliphatic carbocycles. The quantitative estimate of drug-likeness (QED) is 0.535. The van der Waals surface area contributed by atoms with Crippen LogP contribution in [-0.2, 0) is 0 Å². The molecule has 0 saturated carbocycles. The van der Waals surface area contributed by atoms with E-state index in [0.717, 1.165) is 58.5 Å². The highest BCUT2D eigenvalue weighted by Crippen LogP contribution is 2.30. The minimum Gasteiger partial charge on any atom is -0.389 e. The molecule has 5 rings (SSSR count). The third-order valence-corrected chi connectivity index (χ3v) is 6.26. The Bertz CT molecular complexity index is 1160. The third kappa shape index (κ3) is 3.48. The van der Waals surface area contributed by atoms with Crippen LogP contribution in [0.2, 0.25) is 0 Å². The predicted octanol–water partition coefficient (Wildman–Crippen LogP) is 2.33. The van der Waals surface area contributed by atoms with Crippen molar-refractivity contribution in [1.29, 1.82) is 0 Å². The first-order valence-corrected chi connectivity index (χ1v) is 10.7. The summed E-state index contributed by atoms with van der Waals surface area (Å²) in [7, 11) is 0. The maximum Gasteiger partial charge on any atom is 0.225 e. The lowest BCUT2D eigenvalue weighted by molar-refractivity contribution is 0.198. The van der Waals surface area contributed by atoms with Crippen LogP contribution in [-0.4, -0.2) is 60.8 Å². The fourth-order valence-corrected chi connectivity index (χ4v) is 4.38. The lowest BCUT2D eigenvalue weighted by Crippen LogP contribution is -2.47. The van der Waals surface area contributed by atoms with Gasteiger partial charge in [0.05, 0.1) is 16.0 Å². The Morgan fingerprint density at radius 1 is 1.00 bits per heavy atom. The molecule has 0 radical (unpaired) electrons. The largest absolute Gasteiger partial charge is 0.389 e. The molecule has 10 heteroatoms. The average molecular weight is 423 g/mol. The van der Waals surface area contributed by atoms with Crippen molar-refractivity contribution in [3.63, 3.8) is 0 Å². The second-order valence-electron chi connectivity index (χ2n) is 7.35. The molecule has 4 aromatic heterocycles. The predicted molar refractivity (Wildman–Crippen MR) is 116 cm³/mol. The molecule has 1 atom stereocenters. The number of anilines is 2. The van der Waals surface area contributed by atoms with Gasteiger partial charge in [0.2, 0.25) is 5.95 Å². The van der Waals surface area contributed by atoms with Gasteiger partial charge in [-0.2, -0.15) is 5.10 Å². The summed E-state index contributed by atoms with van der Waals surface area (Å²) in [5.74, 6) is 1.62. The molecule has 30 heavy (non-hydrogen) atoms. The highest BCUT2D eigenvalue weighted by atomic mass is 32.1. The molecule has 1 N–H and O–H groups in total. The number of piperazine rings is 1. The van der Waals surface area contributed by atoms with E-state index in [-0.39, 0.29) is 0 Å². The SMILES string of the molecule is Cc1ncc(-c2cc3c(N4CCN(c5ncc(C(C)O)cn5)CC4)ncnn3c2)s1. The zero-order valence-electron chi connectivity index (χ0n) is 16.8. The van der Waals surface area contributed by atoms with Crippen LogP contribution in [0.15, 0.2) is 37.2 Å². The van der Waals surface area contributed by atoms with E-state index in [1.165, 1.54) is 0 Å². The molecule has 5 heterocycles. The minimum absolute atomic E-state index is 0.558. The highest BCUT2D eigenvalue weighted by molar-refractivity contribution is 7.15. The Morgan fingerprint density at radius 2 is 1.73 bits per heavy atom. The number of rotatable bonds is 4. The molecule has 1 saturated heterocycles. The van der Waals surface area contributed by atoms with E-state index in [1.807, 2.05) is 23.8 Å². The van der Waals surface area contributed by atoms with E-state index in [4.69, 9.17) is 0 Å². The van der Waals surface area contributed by atoms with Crippen molar-refractivity contribution in [3.05, 3.63) is 47.8 Å². The summed E-state index contributed by atoms with van der Waals surface area (Å²) >= 11 is 1.68. The molecule has 9 nitrogen and oxygen atoms in total. The van der Waals surface area contributed by atoms with Crippen LogP contribution in [0.25, 0.3) is 16.0 Å². The van der Waals surface area contributed by atoms with E-state index in [9.17, 15) is 5.11 Å². The molecule has 0 aromatic carbocycles. The van der Waals surface area contributed by atoms with E-state index in [1.54, 1.807) is 37.0 Å². The first-order valence-electron chi connectivity index (χ1n) is 9.84. The zero-order chi connectivity index (χ0) is 20.7. The van der Waals surface area contributed by atoms with Gasteiger partial charge < -0.3 is 14.9 Å². The van der Waals surface area contributed by atoms with Crippen molar-refractivity contribution in [1.82, 2.24) is 29.5 Å². The van der Waals surface area contributed by atoms with Crippen molar-refractivity contribution in [3.8, 4) is 10.4 Å². The van der Waals surface area contributed by atoms with Gasteiger partial charge in [-0.05, 0) is 19.9 Å². The van der Waals surface area contributed by atoms with Gasteiger partial charge in [-0.25, -0.2) is 24.5 Å². The molecular weight excluding hydrogens is 400 g/mol. The number of aliphatic hydroxyl groups is 1. The molecule has 0 amide bonds. The van der Waals surface area contributed by atoms with E-state index in [0.29, 0.717) is 5.95 Å². The number of hydrogen-bond donors (Lipinski definition) is 1. The minimum atomic E-state index is -0.558. The van der Waals surface area contributed by atoms with Gasteiger partial charge >= 0.3 is 0 Å². The fraction of sp³-hybridized carbons (Fsp3) is 0.350. The monoisotopic (exact) mass is 422 g/mol. The Balaban J connectivity index is 1.35. The van der Waals surface area contributed by atoms with Crippen LogP contribution in [0, 0.1) is 6.92 Å². The Hall–Kier alpha value is -3.11. The molecular formula is C20H22N8OS. The topological polar surface area (TPSA) is 95.6 Å². The lowest BCUT2D eigenvalue weighted by atomic mass is 10.2. The molecule has 0 bridgehead atoms. The molecule has 1 fully saturated rings. The van der Waals surface area contributed by atoms with Gasteiger partial charge in [0, 0.05) is 62.1 Å². The Labute approximate surface area is 177 Å². The number of fused-ring (bicyclic) bond motifs is 1. The van der Waals surface area contributed by atoms with Crippen LogP contribution in [0.4, 0.5) is 11.8 Å². The maximum absolute atomic E-state index is 9.63. The lowest BCUT2D eigenvalue weighted by Gasteiger charge is -2.35. The molecule has 1 aliphatic rings. The van der Waals surface area contributed by atoms with Gasteiger partial charge in [-0.1, -0.05) is 0 Å². The Kier molecular flexibility index (Phi) is 4.80. The van der Waals surface area contributed by atoms with Crippen LogP contribution < -0.4 is 9.80 Å². The van der Waals surface area contributed by atoms with E-state index < -0.39 is 6.10 Å². The number of aliphatic hydroxyl groups excluding tert-OH is 1. The second kappa shape index (κ2) is 7.62. The van der Waals surface area contributed by atoms with Crippen LogP contribution >= 0.6 is 11.3 Å². The van der Waals surface area contributed by atoms with E-state index in [2.05, 4.69) is 40.9 Å². The molecule has 1 aliphatic heterocycles. The number of aryl methyl sites for hydroxylation is 1. The summed E-state index contributed by atoms with van der Waals surface area (Å²) in [6.45, 7) is 6.94. The highest BCUT2D eigenvalue weighted by Gasteiger charge is 2.22. The van der Waals surface area contributed by atoms with Gasteiger partial charge in [-0.15, -0.1) is 11.3 Å². The van der Waals surface area contributed by atoms with Gasteiger partial charge in [-0.3, -0.25) is 0 Å². The summed E-state index contributed by atoms with van der Waals surface area (Å²) in [5, 5.41) is 15.1. The van der Waals surface area contributed by atoms with E-state index >= 15 is 0 Å². The smallest absolute Gasteiger partial charge is 0.225 e. The first-order chi connectivity index (χ1) is 14.6. The zero-order valence-corrected chi connectivity index (χ0v) is 17.6. The van der Waals surface area contributed by atoms with Crippen LogP contribution in [0.5, 0.6) is 0 Å². The fourth-order valence-electron chi connectivity index (χ4n) is 3.62. The summed E-state index contributed by atoms with van der Waals surface area (Å²) < 4.78 is 1.89. The summed E-state index contributed by atoms with van der Waals surface area (Å²) in [5.41, 5.74) is 2.82. The number of thiazole rings is 1.